The van der Waals surface area contributed by atoms with Gasteiger partial charge in [-0.15, -0.1) is 11.3 Å². The smallest absolute Gasteiger partial charge is 0.0945 e. The van der Waals surface area contributed by atoms with Crippen molar-refractivity contribution in [1.82, 2.24) is 0 Å². The van der Waals surface area contributed by atoms with E-state index < -0.39 is 6.10 Å². The van der Waals surface area contributed by atoms with Gasteiger partial charge in [0.1, 0.15) is 0 Å². The number of anilines is 1. The van der Waals surface area contributed by atoms with E-state index in [0.29, 0.717) is 19.8 Å². The highest BCUT2D eigenvalue weighted by atomic mass is 79.9. The first-order chi connectivity index (χ1) is 9.63. The largest absolute Gasteiger partial charge is 0.389 e. The number of hydrogen-bond acceptors (Lipinski definition) is 4. The van der Waals surface area contributed by atoms with Gasteiger partial charge in [-0.05, 0) is 42.1 Å². The Morgan fingerprint density at radius 3 is 2.95 bits per heavy atom. The molecule has 0 fully saturated rings. The van der Waals surface area contributed by atoms with E-state index in [1.807, 2.05) is 42.6 Å². The topological polar surface area (TPSA) is 41.5 Å². The monoisotopic (exact) mass is 355 g/mol. The molecule has 0 radical (unpaired) electrons. The zero-order valence-electron chi connectivity index (χ0n) is 11.3. The van der Waals surface area contributed by atoms with Crippen molar-refractivity contribution >= 4 is 33.0 Å². The van der Waals surface area contributed by atoms with E-state index in [-0.39, 0.29) is 0 Å². The molecule has 2 aromatic rings. The second-order valence-electron chi connectivity index (χ2n) is 4.65. The highest BCUT2D eigenvalue weighted by Gasteiger charge is 2.05. The Bertz CT molecular complexity index is 510. The lowest BCUT2D eigenvalue weighted by atomic mass is 10.2. The molecular weight excluding hydrogens is 338 g/mol. The quantitative estimate of drug-likeness (QED) is 0.793. The van der Waals surface area contributed by atoms with E-state index in [9.17, 15) is 5.11 Å². The van der Waals surface area contributed by atoms with E-state index >= 15 is 0 Å². The molecule has 0 amide bonds. The summed E-state index contributed by atoms with van der Waals surface area (Å²) in [5.41, 5.74) is 2.17. The lowest BCUT2D eigenvalue weighted by Gasteiger charge is -2.13. The van der Waals surface area contributed by atoms with Crippen molar-refractivity contribution < 1.29 is 9.84 Å². The molecule has 1 aromatic heterocycles. The van der Waals surface area contributed by atoms with E-state index in [2.05, 4.69) is 21.2 Å². The SMILES string of the molecule is Cc1cc(Br)cc(NCC(O)COCc2cccs2)c1. The first-order valence-electron chi connectivity index (χ1n) is 6.43. The molecule has 0 aliphatic heterocycles. The number of aryl methyl sites for hydroxylation is 1. The summed E-state index contributed by atoms with van der Waals surface area (Å²) < 4.78 is 6.52. The van der Waals surface area contributed by atoms with Crippen molar-refractivity contribution in [3.05, 3.63) is 50.6 Å². The first kappa shape index (κ1) is 15.5. The molecule has 20 heavy (non-hydrogen) atoms. The predicted octanol–water partition coefficient (Wildman–Crippen LogP) is 3.81. The maximum Gasteiger partial charge on any atom is 0.0945 e. The number of nitrogens with one attached hydrogen (secondary N) is 1. The number of hydrogen-bond donors (Lipinski definition) is 2. The van der Waals surface area contributed by atoms with Gasteiger partial charge in [-0.3, -0.25) is 0 Å². The van der Waals surface area contributed by atoms with Crippen LogP contribution >= 0.6 is 27.3 Å². The minimum Gasteiger partial charge on any atom is -0.389 e. The van der Waals surface area contributed by atoms with Crippen LogP contribution in [-0.4, -0.2) is 24.4 Å². The second-order valence-corrected chi connectivity index (χ2v) is 6.59. The van der Waals surface area contributed by atoms with Gasteiger partial charge in [-0.2, -0.15) is 0 Å². The van der Waals surface area contributed by atoms with Gasteiger partial charge in [0.2, 0.25) is 0 Å². The standard InChI is InChI=1S/C15H18BrNO2S/c1-11-5-12(16)7-13(6-11)17-8-14(18)9-19-10-15-3-2-4-20-15/h2-7,14,17-18H,8-10H2,1H3. The number of aliphatic hydroxyl groups excluding tert-OH is 1. The van der Waals surface area contributed by atoms with Crippen molar-refractivity contribution in [2.45, 2.75) is 19.6 Å². The van der Waals surface area contributed by atoms with Crippen LogP contribution in [-0.2, 0) is 11.3 Å². The van der Waals surface area contributed by atoms with Crippen LogP contribution in [0.4, 0.5) is 5.69 Å². The van der Waals surface area contributed by atoms with Crippen LogP contribution in [0.5, 0.6) is 0 Å². The summed E-state index contributed by atoms with van der Waals surface area (Å²) in [5, 5.41) is 15.1. The molecule has 1 unspecified atom stereocenters. The minimum atomic E-state index is -0.519. The molecule has 0 aliphatic rings. The molecule has 5 heteroatoms. The van der Waals surface area contributed by atoms with Crippen molar-refractivity contribution in [2.24, 2.45) is 0 Å². The molecule has 0 bridgehead atoms. The predicted molar refractivity (Wildman–Crippen MR) is 87.4 cm³/mol. The Morgan fingerprint density at radius 2 is 2.25 bits per heavy atom. The fraction of sp³-hybridized carbons (Fsp3) is 0.333. The van der Waals surface area contributed by atoms with Crippen LogP contribution in [0, 0.1) is 6.92 Å². The van der Waals surface area contributed by atoms with Gasteiger partial charge in [-0.1, -0.05) is 22.0 Å². The first-order valence-corrected chi connectivity index (χ1v) is 8.10. The van der Waals surface area contributed by atoms with E-state index in [0.717, 1.165) is 10.2 Å². The highest BCUT2D eigenvalue weighted by molar-refractivity contribution is 9.10. The number of aliphatic hydroxyl groups is 1. The van der Waals surface area contributed by atoms with Gasteiger partial charge in [0, 0.05) is 21.6 Å². The number of ether oxygens (including phenoxy) is 1. The summed E-state index contributed by atoms with van der Waals surface area (Å²) in [4.78, 5) is 1.17. The van der Waals surface area contributed by atoms with E-state index in [4.69, 9.17) is 4.74 Å². The second kappa shape index (κ2) is 7.78. The van der Waals surface area contributed by atoms with Gasteiger partial charge in [0.25, 0.3) is 0 Å². The molecule has 108 valence electrons. The molecule has 1 atom stereocenters. The van der Waals surface area contributed by atoms with E-state index in [1.54, 1.807) is 11.3 Å². The maximum absolute atomic E-state index is 9.88. The zero-order valence-corrected chi connectivity index (χ0v) is 13.7. The van der Waals surface area contributed by atoms with Crippen molar-refractivity contribution in [2.75, 3.05) is 18.5 Å². The summed E-state index contributed by atoms with van der Waals surface area (Å²) in [6.07, 6.45) is -0.519. The van der Waals surface area contributed by atoms with Crippen LogP contribution in [0.15, 0.2) is 40.2 Å². The lowest BCUT2D eigenvalue weighted by Crippen LogP contribution is -2.24. The number of rotatable bonds is 7. The minimum absolute atomic E-state index is 0.331. The average molecular weight is 356 g/mol. The normalized spacial score (nSPS) is 12.3. The van der Waals surface area contributed by atoms with Gasteiger partial charge in [0.15, 0.2) is 0 Å². The molecule has 0 saturated carbocycles. The maximum atomic E-state index is 9.88. The fourth-order valence-corrected chi connectivity index (χ4v) is 3.07. The molecule has 1 heterocycles. The van der Waals surface area contributed by atoms with Gasteiger partial charge in [0.05, 0.1) is 19.3 Å². The van der Waals surface area contributed by atoms with Gasteiger partial charge >= 0.3 is 0 Å². The lowest BCUT2D eigenvalue weighted by molar-refractivity contribution is 0.0359. The Hall–Kier alpha value is -0.880. The Kier molecular flexibility index (Phi) is 6.04. The molecule has 0 aliphatic carbocycles. The number of benzene rings is 1. The molecule has 0 saturated heterocycles. The molecule has 0 spiro atoms. The average Bonchev–Trinajstić information content (AvgIpc) is 2.88. The molecule has 3 nitrogen and oxygen atoms in total. The molecular formula is C15H18BrNO2S. The van der Waals surface area contributed by atoms with Crippen LogP contribution < -0.4 is 5.32 Å². The van der Waals surface area contributed by atoms with Gasteiger partial charge in [-0.25, -0.2) is 0 Å². The van der Waals surface area contributed by atoms with Gasteiger partial charge < -0.3 is 15.2 Å². The third-order valence-electron chi connectivity index (χ3n) is 2.72. The zero-order chi connectivity index (χ0) is 14.4. The van der Waals surface area contributed by atoms with Crippen molar-refractivity contribution in [3.8, 4) is 0 Å². The summed E-state index contributed by atoms with van der Waals surface area (Å²) in [7, 11) is 0. The molecule has 2 rings (SSSR count). The Balaban J connectivity index is 1.70. The number of halogens is 1. The Labute approximate surface area is 131 Å². The summed E-state index contributed by atoms with van der Waals surface area (Å²) in [5.74, 6) is 0. The third kappa shape index (κ3) is 5.25. The molecule has 2 N–H and O–H groups in total. The van der Waals surface area contributed by atoms with Crippen LogP contribution in [0.3, 0.4) is 0 Å². The fourth-order valence-electron chi connectivity index (χ4n) is 1.82. The van der Waals surface area contributed by atoms with Crippen LogP contribution in [0.25, 0.3) is 0 Å². The highest BCUT2D eigenvalue weighted by Crippen LogP contribution is 2.19. The third-order valence-corrected chi connectivity index (χ3v) is 4.03. The van der Waals surface area contributed by atoms with Crippen LogP contribution in [0.2, 0.25) is 0 Å². The van der Waals surface area contributed by atoms with Crippen LogP contribution in [0.1, 0.15) is 10.4 Å². The summed E-state index contributed by atoms with van der Waals surface area (Å²) in [6, 6.07) is 10.1. The molecule has 1 aromatic carbocycles. The summed E-state index contributed by atoms with van der Waals surface area (Å²) >= 11 is 5.12. The van der Waals surface area contributed by atoms with Crippen molar-refractivity contribution in [3.63, 3.8) is 0 Å². The summed E-state index contributed by atoms with van der Waals surface area (Å²) in [6.45, 7) is 3.40. The Morgan fingerprint density at radius 1 is 1.40 bits per heavy atom. The van der Waals surface area contributed by atoms with E-state index in [1.165, 1.54) is 10.4 Å². The van der Waals surface area contributed by atoms with Crippen molar-refractivity contribution in [1.29, 1.82) is 0 Å². The number of thiophene rings is 1.